The molecule has 1 aliphatic carbocycles. The third-order valence-corrected chi connectivity index (χ3v) is 4.26. The molecule has 0 aliphatic heterocycles. The van der Waals surface area contributed by atoms with Crippen molar-refractivity contribution in [2.24, 2.45) is 0 Å². The number of hydrogen-bond acceptors (Lipinski definition) is 3. The minimum absolute atomic E-state index is 0.102. The van der Waals surface area contributed by atoms with Crippen molar-refractivity contribution in [3.05, 3.63) is 0 Å². The second-order valence-corrected chi connectivity index (χ2v) is 6.20. The summed E-state index contributed by atoms with van der Waals surface area (Å²) in [4.78, 5) is 0. The molecular weight excluding hydrogens is 206 g/mol. The van der Waals surface area contributed by atoms with Crippen LogP contribution in [0.4, 0.5) is 0 Å². The number of nitrogens with one attached hydrogen (secondary N) is 1. The van der Waals surface area contributed by atoms with Gasteiger partial charge in [0.05, 0.1) is 6.61 Å². The molecule has 90 valence electrons. The summed E-state index contributed by atoms with van der Waals surface area (Å²) in [6.45, 7) is 5.23. The lowest BCUT2D eigenvalue weighted by Gasteiger charge is -2.37. The third kappa shape index (κ3) is 4.33. The van der Waals surface area contributed by atoms with Crippen LogP contribution in [-0.4, -0.2) is 36.8 Å². The maximum Gasteiger partial charge on any atom is 0.0639 e. The lowest BCUT2D eigenvalue weighted by atomic mass is 9.92. The Bertz CT molecular complexity index is 184. The molecule has 1 N–H and O–H groups in total. The molecule has 2 atom stereocenters. The van der Waals surface area contributed by atoms with E-state index >= 15 is 0 Å². The summed E-state index contributed by atoms with van der Waals surface area (Å²) in [5.74, 6) is 0. The van der Waals surface area contributed by atoms with Crippen molar-refractivity contribution in [1.82, 2.24) is 5.32 Å². The van der Waals surface area contributed by atoms with Crippen molar-refractivity contribution in [2.45, 2.75) is 56.4 Å². The molecule has 0 saturated heterocycles. The van der Waals surface area contributed by atoms with Gasteiger partial charge in [0.2, 0.25) is 0 Å². The van der Waals surface area contributed by atoms with Crippen LogP contribution >= 0.6 is 11.8 Å². The van der Waals surface area contributed by atoms with Crippen LogP contribution < -0.4 is 5.32 Å². The fourth-order valence-electron chi connectivity index (χ4n) is 2.45. The minimum atomic E-state index is 0.102. The Morgan fingerprint density at radius 3 is 2.60 bits per heavy atom. The van der Waals surface area contributed by atoms with Crippen molar-refractivity contribution >= 4 is 11.8 Å². The molecule has 0 bridgehead atoms. The number of rotatable bonds is 5. The smallest absolute Gasteiger partial charge is 0.0639 e. The van der Waals surface area contributed by atoms with Gasteiger partial charge in [0, 0.05) is 23.9 Å². The van der Waals surface area contributed by atoms with E-state index in [1.54, 1.807) is 7.11 Å². The summed E-state index contributed by atoms with van der Waals surface area (Å²) >= 11 is 2.01. The van der Waals surface area contributed by atoms with Crippen LogP contribution in [0.1, 0.15) is 39.5 Å². The van der Waals surface area contributed by atoms with Crippen LogP contribution in [0.3, 0.4) is 0 Å². The number of methoxy groups -OCH3 is 1. The van der Waals surface area contributed by atoms with Gasteiger partial charge in [-0.15, -0.1) is 0 Å². The Balaban J connectivity index is 2.46. The Morgan fingerprint density at radius 2 is 2.00 bits per heavy atom. The van der Waals surface area contributed by atoms with Crippen LogP contribution in [-0.2, 0) is 4.74 Å². The molecule has 0 amide bonds. The Hall–Kier alpha value is 0.270. The minimum Gasteiger partial charge on any atom is -0.383 e. The quantitative estimate of drug-likeness (QED) is 0.786. The highest BCUT2D eigenvalue weighted by molar-refractivity contribution is 7.99. The normalized spacial score (nSPS) is 28.0. The van der Waals surface area contributed by atoms with E-state index in [1.807, 2.05) is 11.8 Å². The molecular formula is C12H25NOS. The third-order valence-electron chi connectivity index (χ3n) is 3.09. The fourth-order valence-corrected chi connectivity index (χ4v) is 3.38. The molecule has 0 radical (unpaired) electrons. The summed E-state index contributed by atoms with van der Waals surface area (Å²) in [7, 11) is 1.77. The van der Waals surface area contributed by atoms with Crippen molar-refractivity contribution in [3.63, 3.8) is 0 Å². The highest BCUT2D eigenvalue weighted by atomic mass is 32.2. The molecule has 0 aromatic rings. The van der Waals surface area contributed by atoms with Crippen LogP contribution in [0.25, 0.3) is 0 Å². The van der Waals surface area contributed by atoms with Gasteiger partial charge in [0.15, 0.2) is 0 Å². The standard InChI is InChI=1S/C12H25NOS/c1-12(2,9-14-3)13-10-7-5-6-8-11(10)15-4/h10-11,13H,5-9H2,1-4H3. The average Bonchev–Trinajstić information content (AvgIpc) is 2.17. The van der Waals surface area contributed by atoms with Gasteiger partial charge in [0.25, 0.3) is 0 Å². The molecule has 1 aliphatic rings. The molecule has 0 aromatic carbocycles. The van der Waals surface area contributed by atoms with Crippen LogP contribution in [0.2, 0.25) is 0 Å². The van der Waals surface area contributed by atoms with Gasteiger partial charge >= 0.3 is 0 Å². The van der Waals surface area contributed by atoms with Crippen LogP contribution in [0, 0.1) is 0 Å². The summed E-state index contributed by atoms with van der Waals surface area (Å²) < 4.78 is 5.25. The monoisotopic (exact) mass is 231 g/mol. The van der Waals surface area contributed by atoms with E-state index in [9.17, 15) is 0 Å². The SMILES string of the molecule is COCC(C)(C)NC1CCCCC1SC. The first-order valence-corrected chi connectivity index (χ1v) is 7.17. The highest BCUT2D eigenvalue weighted by Crippen LogP contribution is 2.28. The summed E-state index contributed by atoms with van der Waals surface area (Å²) in [6.07, 6.45) is 7.68. The first-order valence-electron chi connectivity index (χ1n) is 5.88. The number of hydrogen-bond donors (Lipinski definition) is 1. The van der Waals surface area contributed by atoms with Gasteiger partial charge in [-0.05, 0) is 32.9 Å². The summed E-state index contributed by atoms with van der Waals surface area (Å²) in [5.41, 5.74) is 0.102. The maximum absolute atomic E-state index is 5.25. The van der Waals surface area contributed by atoms with E-state index in [0.29, 0.717) is 6.04 Å². The predicted octanol–water partition coefficient (Wildman–Crippen LogP) is 2.68. The van der Waals surface area contributed by atoms with E-state index in [4.69, 9.17) is 4.74 Å². The van der Waals surface area contributed by atoms with E-state index in [0.717, 1.165) is 11.9 Å². The van der Waals surface area contributed by atoms with Crippen molar-refractivity contribution in [2.75, 3.05) is 20.0 Å². The lowest BCUT2D eigenvalue weighted by molar-refractivity contribution is 0.116. The number of thioether (sulfide) groups is 1. The van der Waals surface area contributed by atoms with Crippen molar-refractivity contribution in [3.8, 4) is 0 Å². The second-order valence-electron chi connectivity index (χ2n) is 5.13. The molecule has 0 spiro atoms. The van der Waals surface area contributed by atoms with Gasteiger partial charge in [-0.2, -0.15) is 11.8 Å². The molecule has 3 heteroatoms. The molecule has 2 unspecified atom stereocenters. The Kier molecular flexibility index (Phi) is 5.44. The lowest BCUT2D eigenvalue weighted by Crippen LogP contribution is -2.53. The van der Waals surface area contributed by atoms with E-state index in [2.05, 4.69) is 25.4 Å². The highest BCUT2D eigenvalue weighted by Gasteiger charge is 2.29. The predicted molar refractivity (Wildman–Crippen MR) is 68.6 cm³/mol. The van der Waals surface area contributed by atoms with Crippen LogP contribution in [0.15, 0.2) is 0 Å². The topological polar surface area (TPSA) is 21.3 Å². The average molecular weight is 231 g/mol. The first kappa shape index (κ1) is 13.3. The van der Waals surface area contributed by atoms with Crippen LogP contribution in [0.5, 0.6) is 0 Å². The number of ether oxygens (including phenoxy) is 1. The zero-order valence-corrected chi connectivity index (χ0v) is 11.3. The van der Waals surface area contributed by atoms with E-state index < -0.39 is 0 Å². The van der Waals surface area contributed by atoms with Crippen molar-refractivity contribution in [1.29, 1.82) is 0 Å². The molecule has 2 nitrogen and oxygen atoms in total. The molecule has 1 rings (SSSR count). The summed E-state index contributed by atoms with van der Waals surface area (Å²) in [6, 6.07) is 0.666. The maximum atomic E-state index is 5.25. The first-order chi connectivity index (χ1) is 7.09. The van der Waals surface area contributed by atoms with Gasteiger partial charge in [-0.25, -0.2) is 0 Å². The van der Waals surface area contributed by atoms with Gasteiger partial charge in [0.1, 0.15) is 0 Å². The largest absolute Gasteiger partial charge is 0.383 e. The van der Waals surface area contributed by atoms with Gasteiger partial charge < -0.3 is 10.1 Å². The van der Waals surface area contributed by atoms with E-state index in [1.165, 1.54) is 25.7 Å². The van der Waals surface area contributed by atoms with Crippen molar-refractivity contribution < 1.29 is 4.74 Å². The van der Waals surface area contributed by atoms with E-state index in [-0.39, 0.29) is 5.54 Å². The Morgan fingerprint density at radius 1 is 1.33 bits per heavy atom. The molecule has 1 saturated carbocycles. The second kappa shape index (κ2) is 6.12. The zero-order chi connectivity index (χ0) is 11.3. The van der Waals surface area contributed by atoms with Gasteiger partial charge in [-0.1, -0.05) is 12.8 Å². The zero-order valence-electron chi connectivity index (χ0n) is 10.5. The molecule has 0 heterocycles. The Labute approximate surface area is 98.5 Å². The fraction of sp³-hybridized carbons (Fsp3) is 1.00. The summed E-state index contributed by atoms with van der Waals surface area (Å²) in [5, 5.41) is 4.54. The molecule has 1 fully saturated rings. The molecule has 0 aromatic heterocycles. The molecule has 15 heavy (non-hydrogen) atoms. The van der Waals surface area contributed by atoms with Gasteiger partial charge in [-0.3, -0.25) is 0 Å².